The lowest BCUT2D eigenvalue weighted by Crippen LogP contribution is -2.49. The van der Waals surface area contributed by atoms with E-state index in [-0.39, 0.29) is 29.6 Å². The van der Waals surface area contributed by atoms with Gasteiger partial charge in [-0.1, -0.05) is 13.8 Å². The van der Waals surface area contributed by atoms with Crippen LogP contribution in [0.2, 0.25) is 0 Å². The number of likely N-dealkylation sites (tertiary alicyclic amines) is 3. The lowest BCUT2D eigenvalue weighted by atomic mass is 9.79. The maximum Gasteiger partial charge on any atom is 0.272 e. The Morgan fingerprint density at radius 2 is 1.75 bits per heavy atom. The smallest absolute Gasteiger partial charge is 0.272 e. The number of nitrogens with zero attached hydrogens (tertiary/aromatic N) is 5. The maximum atomic E-state index is 13.5. The Bertz CT molecular complexity index is 777. The fourth-order valence-corrected chi connectivity index (χ4v) is 4.87. The van der Waals surface area contributed by atoms with Gasteiger partial charge in [-0.3, -0.25) is 14.4 Å². The van der Waals surface area contributed by atoms with Crippen LogP contribution in [0.3, 0.4) is 0 Å². The molecule has 0 aliphatic carbocycles. The van der Waals surface area contributed by atoms with Crippen molar-refractivity contribution < 1.29 is 14.4 Å². The Morgan fingerprint density at radius 3 is 2.39 bits per heavy atom. The molecule has 8 nitrogen and oxygen atoms in total. The molecule has 0 bridgehead atoms. The maximum absolute atomic E-state index is 13.5. The first-order chi connectivity index (χ1) is 13.4. The van der Waals surface area contributed by atoms with Crippen molar-refractivity contribution in [2.75, 3.05) is 39.3 Å². The summed E-state index contributed by atoms with van der Waals surface area (Å²) in [5, 5.41) is 0. The zero-order chi connectivity index (χ0) is 19.9. The highest BCUT2D eigenvalue weighted by Gasteiger charge is 2.60. The summed E-state index contributed by atoms with van der Waals surface area (Å²) >= 11 is 0. The average Bonchev–Trinajstić information content (AvgIpc) is 3.41. The first-order valence-electron chi connectivity index (χ1n) is 10.1. The summed E-state index contributed by atoms with van der Waals surface area (Å²) in [7, 11) is 0. The number of amides is 3. The van der Waals surface area contributed by atoms with Crippen LogP contribution in [0, 0.1) is 17.3 Å². The summed E-state index contributed by atoms with van der Waals surface area (Å²) in [5.41, 5.74) is -0.355. The first-order valence-corrected chi connectivity index (χ1v) is 10.1. The quantitative estimate of drug-likeness (QED) is 0.763. The monoisotopic (exact) mass is 385 g/mol. The average molecular weight is 385 g/mol. The zero-order valence-electron chi connectivity index (χ0n) is 16.5. The summed E-state index contributed by atoms with van der Waals surface area (Å²) < 4.78 is 0. The summed E-state index contributed by atoms with van der Waals surface area (Å²) in [6.07, 6.45) is 4.94. The fourth-order valence-electron chi connectivity index (χ4n) is 4.87. The van der Waals surface area contributed by atoms with E-state index < -0.39 is 5.41 Å². The number of carbonyl (C=O) groups is 3. The number of hydrogen-bond acceptors (Lipinski definition) is 5. The first kappa shape index (κ1) is 18.8. The van der Waals surface area contributed by atoms with E-state index in [0.29, 0.717) is 31.9 Å². The molecule has 28 heavy (non-hydrogen) atoms. The molecule has 0 unspecified atom stereocenters. The van der Waals surface area contributed by atoms with E-state index in [1.54, 1.807) is 17.2 Å². The molecule has 0 spiro atoms. The van der Waals surface area contributed by atoms with Gasteiger partial charge in [0.1, 0.15) is 12.0 Å². The van der Waals surface area contributed by atoms with E-state index in [2.05, 4.69) is 9.97 Å². The van der Waals surface area contributed by atoms with Gasteiger partial charge in [-0.05, 0) is 18.9 Å². The third kappa shape index (κ3) is 3.04. The van der Waals surface area contributed by atoms with Crippen molar-refractivity contribution in [2.45, 2.75) is 26.7 Å². The van der Waals surface area contributed by atoms with Gasteiger partial charge in [0.05, 0.1) is 5.41 Å². The Hall–Kier alpha value is -2.51. The van der Waals surface area contributed by atoms with Crippen molar-refractivity contribution in [3.63, 3.8) is 0 Å². The van der Waals surface area contributed by atoms with Crippen LogP contribution >= 0.6 is 0 Å². The fraction of sp³-hybridized carbons (Fsp3) is 0.650. The topological polar surface area (TPSA) is 86.7 Å². The van der Waals surface area contributed by atoms with Crippen molar-refractivity contribution in [1.82, 2.24) is 24.7 Å². The van der Waals surface area contributed by atoms with Crippen LogP contribution in [0.5, 0.6) is 0 Å². The molecule has 150 valence electrons. The summed E-state index contributed by atoms with van der Waals surface area (Å²) in [6.45, 7) is 7.06. The van der Waals surface area contributed by atoms with Gasteiger partial charge in [-0.15, -0.1) is 0 Å². The number of rotatable bonds is 3. The van der Waals surface area contributed by atoms with Crippen molar-refractivity contribution in [2.24, 2.45) is 17.3 Å². The SMILES string of the molecule is CC(C)C(=O)N1C[C@H]2CN(C(=O)c3ccncn3)C[C@@]2(C(=O)N2CCCC2)C1. The van der Waals surface area contributed by atoms with Crippen LogP contribution in [0.25, 0.3) is 0 Å². The van der Waals surface area contributed by atoms with Crippen LogP contribution in [0.15, 0.2) is 18.6 Å². The van der Waals surface area contributed by atoms with Crippen molar-refractivity contribution >= 4 is 17.7 Å². The molecule has 4 heterocycles. The molecule has 2 atom stereocenters. The second-order valence-corrected chi connectivity index (χ2v) is 8.51. The van der Waals surface area contributed by atoms with Crippen LogP contribution in [0.1, 0.15) is 37.2 Å². The van der Waals surface area contributed by atoms with Gasteiger partial charge >= 0.3 is 0 Å². The predicted octanol–water partition coefficient (Wildman–Crippen LogP) is 0.656. The minimum atomic E-state index is -0.697. The van der Waals surface area contributed by atoms with Gasteiger partial charge in [0.15, 0.2) is 0 Å². The van der Waals surface area contributed by atoms with Gasteiger partial charge in [0, 0.05) is 57.3 Å². The normalized spacial score (nSPS) is 26.8. The molecule has 0 aromatic carbocycles. The Morgan fingerprint density at radius 1 is 1.07 bits per heavy atom. The van der Waals surface area contributed by atoms with Gasteiger partial charge in [0.2, 0.25) is 11.8 Å². The lowest BCUT2D eigenvalue weighted by molar-refractivity contribution is -0.141. The molecular weight excluding hydrogens is 358 g/mol. The van der Waals surface area contributed by atoms with E-state index in [9.17, 15) is 14.4 Å². The molecule has 3 aliphatic heterocycles. The molecule has 0 N–H and O–H groups in total. The highest BCUT2D eigenvalue weighted by atomic mass is 16.2. The third-order valence-electron chi connectivity index (χ3n) is 6.32. The molecular formula is C20H27N5O3. The molecule has 3 amide bonds. The van der Waals surface area contributed by atoms with Gasteiger partial charge in [0.25, 0.3) is 5.91 Å². The van der Waals surface area contributed by atoms with E-state index in [1.165, 1.54) is 6.33 Å². The van der Waals surface area contributed by atoms with E-state index in [0.717, 1.165) is 25.9 Å². The molecule has 3 saturated heterocycles. The molecule has 0 saturated carbocycles. The molecule has 3 fully saturated rings. The van der Waals surface area contributed by atoms with Crippen molar-refractivity contribution in [3.8, 4) is 0 Å². The Labute approximate surface area is 164 Å². The summed E-state index contributed by atoms with van der Waals surface area (Å²) in [6, 6.07) is 1.60. The molecule has 8 heteroatoms. The van der Waals surface area contributed by atoms with Crippen LogP contribution in [-0.2, 0) is 9.59 Å². The Balaban J connectivity index is 1.60. The molecule has 0 radical (unpaired) electrons. The number of carbonyl (C=O) groups excluding carboxylic acids is 3. The number of hydrogen-bond donors (Lipinski definition) is 0. The Kier molecular flexibility index (Phi) is 4.81. The third-order valence-corrected chi connectivity index (χ3v) is 6.32. The minimum absolute atomic E-state index is 0.0333. The van der Waals surface area contributed by atoms with Crippen molar-refractivity contribution in [1.29, 1.82) is 0 Å². The standard InChI is InChI=1S/C20H27N5O3/c1-14(2)17(26)24-9-15-10-25(18(27)16-5-6-21-13-22-16)12-20(15,11-24)19(28)23-7-3-4-8-23/h5-6,13-15H,3-4,7-12H2,1-2H3/t15-,20-/m0/s1. The van der Waals surface area contributed by atoms with Gasteiger partial charge in [-0.2, -0.15) is 0 Å². The van der Waals surface area contributed by atoms with Gasteiger partial charge in [-0.25, -0.2) is 9.97 Å². The van der Waals surface area contributed by atoms with E-state index in [4.69, 9.17) is 0 Å². The predicted molar refractivity (Wildman–Crippen MR) is 101 cm³/mol. The van der Waals surface area contributed by atoms with Crippen LogP contribution in [-0.4, -0.2) is 81.7 Å². The van der Waals surface area contributed by atoms with Crippen LogP contribution in [0.4, 0.5) is 0 Å². The molecule has 1 aromatic heterocycles. The van der Waals surface area contributed by atoms with E-state index in [1.807, 2.05) is 23.6 Å². The molecule has 3 aliphatic rings. The summed E-state index contributed by atoms with van der Waals surface area (Å²) in [5.74, 6) is -0.124. The summed E-state index contributed by atoms with van der Waals surface area (Å²) in [4.78, 5) is 52.5. The van der Waals surface area contributed by atoms with Crippen molar-refractivity contribution in [3.05, 3.63) is 24.3 Å². The second kappa shape index (κ2) is 7.14. The van der Waals surface area contributed by atoms with Crippen LogP contribution < -0.4 is 0 Å². The highest BCUT2D eigenvalue weighted by Crippen LogP contribution is 2.45. The molecule has 1 aromatic rings. The van der Waals surface area contributed by atoms with Gasteiger partial charge < -0.3 is 14.7 Å². The number of fused-ring (bicyclic) bond motifs is 1. The molecule has 4 rings (SSSR count). The number of aromatic nitrogens is 2. The van der Waals surface area contributed by atoms with E-state index >= 15 is 0 Å². The largest absolute Gasteiger partial charge is 0.342 e. The second-order valence-electron chi connectivity index (χ2n) is 8.51. The zero-order valence-corrected chi connectivity index (χ0v) is 16.5. The highest BCUT2D eigenvalue weighted by molar-refractivity contribution is 5.94. The lowest BCUT2D eigenvalue weighted by Gasteiger charge is -2.32. The minimum Gasteiger partial charge on any atom is -0.342 e.